The minimum absolute atomic E-state index is 0.0276. The molecule has 0 aliphatic carbocycles. The van der Waals surface area contributed by atoms with Crippen molar-refractivity contribution in [3.8, 4) is 5.88 Å². The van der Waals surface area contributed by atoms with Gasteiger partial charge in [0.15, 0.2) is 0 Å². The number of halogens is 2. The van der Waals surface area contributed by atoms with Crippen LogP contribution in [0.2, 0.25) is 5.02 Å². The smallest absolute Gasteiger partial charge is 0.211 e. The van der Waals surface area contributed by atoms with Crippen molar-refractivity contribution in [1.82, 2.24) is 14.8 Å². The van der Waals surface area contributed by atoms with E-state index in [1.165, 1.54) is 24.6 Å². The molecule has 1 aliphatic heterocycles. The molecular formula is C25H28ClFN4O2. The Labute approximate surface area is 198 Å². The van der Waals surface area contributed by atoms with Gasteiger partial charge in [-0.05, 0) is 67.5 Å². The summed E-state index contributed by atoms with van der Waals surface area (Å²) in [5, 5.41) is 8.21. The second kappa shape index (κ2) is 10.3. The van der Waals surface area contributed by atoms with Crippen LogP contribution in [0.15, 0.2) is 36.4 Å². The third kappa shape index (κ3) is 6.11. The van der Waals surface area contributed by atoms with Crippen molar-refractivity contribution in [3.05, 3.63) is 69.8 Å². The van der Waals surface area contributed by atoms with E-state index in [1.807, 2.05) is 13.1 Å². The largest absolute Gasteiger partial charge is 0.477 e. The van der Waals surface area contributed by atoms with E-state index in [-0.39, 0.29) is 18.1 Å². The van der Waals surface area contributed by atoms with Crippen LogP contribution in [0.4, 0.5) is 10.2 Å². The highest BCUT2D eigenvalue weighted by molar-refractivity contribution is 6.30. The number of fused-ring (bicyclic) bond motifs is 1. The molecule has 1 N–H and O–H groups in total. The Balaban J connectivity index is 1.40. The number of anilines is 1. The van der Waals surface area contributed by atoms with Gasteiger partial charge >= 0.3 is 0 Å². The molecule has 0 amide bonds. The Bertz CT molecular complexity index is 1130. The first-order valence-electron chi connectivity index (χ1n) is 11.2. The third-order valence-electron chi connectivity index (χ3n) is 5.79. The number of nitrogens with zero attached hydrogens (tertiary/aromatic N) is 3. The average Bonchev–Trinajstić information content (AvgIpc) is 3.11. The van der Waals surface area contributed by atoms with Crippen LogP contribution in [0.25, 0.3) is 0 Å². The number of Topliss-reactive ketones (excluding diaryl/α,β-unsaturated/α-hetero) is 1. The molecule has 0 bridgehead atoms. The lowest BCUT2D eigenvalue weighted by molar-refractivity contribution is -0.117. The van der Waals surface area contributed by atoms with Crippen molar-refractivity contribution in [2.75, 3.05) is 18.5 Å². The Kier molecular flexibility index (Phi) is 7.28. The summed E-state index contributed by atoms with van der Waals surface area (Å²) in [6, 6.07) is 10.5. The predicted octanol–water partition coefficient (Wildman–Crippen LogP) is 4.89. The summed E-state index contributed by atoms with van der Waals surface area (Å²) in [5.41, 5.74) is 3.71. The second-order valence-electron chi connectivity index (χ2n) is 8.55. The molecule has 3 heterocycles. The Morgan fingerprint density at radius 3 is 2.91 bits per heavy atom. The highest BCUT2D eigenvalue weighted by Gasteiger charge is 2.19. The van der Waals surface area contributed by atoms with E-state index in [0.29, 0.717) is 35.9 Å². The number of carbonyl (C=O) groups is 1. The van der Waals surface area contributed by atoms with Crippen LogP contribution in [0.1, 0.15) is 48.2 Å². The summed E-state index contributed by atoms with van der Waals surface area (Å²) < 4.78 is 21.5. The molecule has 0 spiro atoms. The van der Waals surface area contributed by atoms with Gasteiger partial charge in [0.1, 0.15) is 17.4 Å². The van der Waals surface area contributed by atoms with Crippen molar-refractivity contribution < 1.29 is 13.9 Å². The molecule has 4 rings (SSSR count). The number of pyridine rings is 1. The predicted molar refractivity (Wildman–Crippen MR) is 127 cm³/mol. The summed E-state index contributed by atoms with van der Waals surface area (Å²) in [5.74, 6) is 1.02. The molecule has 1 atom stereocenters. The maximum Gasteiger partial charge on any atom is 0.211 e. The lowest BCUT2D eigenvalue weighted by Crippen LogP contribution is -2.14. The molecular weight excluding hydrogens is 443 g/mol. The standard InChI is InChI=1S/C25H28ClFN4O2/c1-16(32)10-18(19-11-20(26)14-21(27)12-19)13-23-15-24(31(2)30-23)33-9-7-22-6-5-17-4-3-8-28-25(17)29-22/h5-6,11-12,14-15,18H,3-4,7-10,13H2,1-2H3,(H,28,29)/t18-/m1/s1. The second-order valence-corrected chi connectivity index (χ2v) is 8.98. The molecule has 6 nitrogen and oxygen atoms in total. The van der Waals surface area contributed by atoms with Crippen LogP contribution in [0.3, 0.4) is 0 Å². The van der Waals surface area contributed by atoms with Crippen molar-refractivity contribution in [2.24, 2.45) is 7.05 Å². The number of nitrogens with one attached hydrogen (secondary N) is 1. The van der Waals surface area contributed by atoms with Crippen molar-refractivity contribution in [2.45, 2.75) is 44.9 Å². The Hall–Kier alpha value is -2.93. The van der Waals surface area contributed by atoms with Gasteiger partial charge in [0.05, 0.1) is 12.3 Å². The fourth-order valence-corrected chi connectivity index (χ4v) is 4.46. The normalized spacial score (nSPS) is 13.8. The quantitative estimate of drug-likeness (QED) is 0.482. The lowest BCUT2D eigenvalue weighted by Gasteiger charge is -2.17. The van der Waals surface area contributed by atoms with Gasteiger partial charge in [-0.2, -0.15) is 5.10 Å². The molecule has 2 aromatic heterocycles. The Morgan fingerprint density at radius 1 is 1.27 bits per heavy atom. The first kappa shape index (κ1) is 23.2. The number of carbonyl (C=O) groups excluding carboxylic acids is 1. The topological polar surface area (TPSA) is 69.0 Å². The number of aromatic nitrogens is 3. The van der Waals surface area contributed by atoms with Gasteiger partial charge in [0.2, 0.25) is 5.88 Å². The first-order valence-corrected chi connectivity index (χ1v) is 11.6. The minimum Gasteiger partial charge on any atom is -0.477 e. The molecule has 174 valence electrons. The van der Waals surface area contributed by atoms with Crippen LogP contribution in [0.5, 0.6) is 5.88 Å². The lowest BCUT2D eigenvalue weighted by atomic mass is 9.90. The van der Waals surface area contributed by atoms with E-state index in [0.717, 1.165) is 36.6 Å². The number of rotatable bonds is 9. The van der Waals surface area contributed by atoms with Crippen molar-refractivity contribution in [1.29, 1.82) is 0 Å². The molecule has 8 heteroatoms. The molecule has 0 saturated carbocycles. The number of hydrogen-bond donors (Lipinski definition) is 1. The van der Waals surface area contributed by atoms with Gasteiger partial charge in [0, 0.05) is 43.2 Å². The number of ether oxygens (including phenoxy) is 1. The summed E-state index contributed by atoms with van der Waals surface area (Å²) in [6.45, 7) is 2.97. The zero-order chi connectivity index (χ0) is 23.4. The fraction of sp³-hybridized carbons (Fsp3) is 0.400. The molecule has 0 radical (unpaired) electrons. The van der Waals surface area contributed by atoms with E-state index in [2.05, 4.69) is 22.5 Å². The SMILES string of the molecule is CC(=O)C[C@H](Cc1cc(OCCc2ccc3c(n2)NCCC3)n(C)n1)c1cc(F)cc(Cl)c1. The van der Waals surface area contributed by atoms with Crippen LogP contribution < -0.4 is 10.1 Å². The molecule has 0 unspecified atom stereocenters. The molecule has 0 fully saturated rings. The number of benzene rings is 1. The van der Waals surface area contributed by atoms with E-state index in [1.54, 1.807) is 10.7 Å². The molecule has 0 saturated heterocycles. The van der Waals surface area contributed by atoms with Crippen LogP contribution in [-0.2, 0) is 31.1 Å². The van der Waals surface area contributed by atoms with Gasteiger partial charge in [0.25, 0.3) is 0 Å². The van der Waals surface area contributed by atoms with Gasteiger partial charge in [-0.3, -0.25) is 0 Å². The van der Waals surface area contributed by atoms with E-state index < -0.39 is 5.82 Å². The zero-order valence-electron chi connectivity index (χ0n) is 18.9. The van der Waals surface area contributed by atoms with Crippen LogP contribution in [0, 0.1) is 5.82 Å². The molecule has 33 heavy (non-hydrogen) atoms. The highest BCUT2D eigenvalue weighted by Crippen LogP contribution is 2.29. The maximum absolute atomic E-state index is 13.9. The summed E-state index contributed by atoms with van der Waals surface area (Å²) in [4.78, 5) is 16.5. The Morgan fingerprint density at radius 2 is 2.12 bits per heavy atom. The third-order valence-corrected chi connectivity index (χ3v) is 6.01. The molecule has 3 aromatic rings. The maximum atomic E-state index is 13.9. The monoisotopic (exact) mass is 470 g/mol. The highest BCUT2D eigenvalue weighted by atomic mass is 35.5. The van der Waals surface area contributed by atoms with Gasteiger partial charge < -0.3 is 14.8 Å². The van der Waals surface area contributed by atoms with Gasteiger partial charge in [-0.25, -0.2) is 14.1 Å². The van der Waals surface area contributed by atoms with E-state index >= 15 is 0 Å². The molecule has 1 aromatic carbocycles. The summed E-state index contributed by atoms with van der Waals surface area (Å²) >= 11 is 6.04. The van der Waals surface area contributed by atoms with Crippen LogP contribution in [-0.4, -0.2) is 33.7 Å². The summed E-state index contributed by atoms with van der Waals surface area (Å²) in [7, 11) is 1.82. The molecule has 1 aliphatic rings. The van der Waals surface area contributed by atoms with E-state index in [9.17, 15) is 9.18 Å². The number of ketones is 1. The van der Waals surface area contributed by atoms with Crippen LogP contribution >= 0.6 is 11.6 Å². The number of aryl methyl sites for hydroxylation is 2. The first-order chi connectivity index (χ1) is 15.9. The fourth-order valence-electron chi connectivity index (χ4n) is 4.23. The number of hydrogen-bond acceptors (Lipinski definition) is 5. The zero-order valence-corrected chi connectivity index (χ0v) is 19.7. The average molecular weight is 471 g/mol. The summed E-state index contributed by atoms with van der Waals surface area (Å²) in [6.07, 6.45) is 3.65. The minimum atomic E-state index is -0.415. The van der Waals surface area contributed by atoms with Gasteiger partial charge in [-0.15, -0.1) is 0 Å². The van der Waals surface area contributed by atoms with Crippen molar-refractivity contribution in [3.63, 3.8) is 0 Å². The van der Waals surface area contributed by atoms with E-state index in [4.69, 9.17) is 21.3 Å². The van der Waals surface area contributed by atoms with Gasteiger partial charge in [-0.1, -0.05) is 17.7 Å². The van der Waals surface area contributed by atoms with Crippen molar-refractivity contribution >= 4 is 23.2 Å².